The van der Waals surface area contributed by atoms with Gasteiger partial charge in [-0.1, -0.05) is 30.3 Å². The molecule has 0 aliphatic carbocycles. The molecule has 0 bridgehead atoms. The molecular formula is C25H29N5O5. The quantitative estimate of drug-likeness (QED) is 0.432. The molecular weight excluding hydrogens is 450 g/mol. The Morgan fingerprint density at radius 2 is 1.74 bits per heavy atom. The van der Waals surface area contributed by atoms with Crippen molar-refractivity contribution < 1.29 is 23.9 Å². The maximum atomic E-state index is 12.9. The predicted octanol–water partition coefficient (Wildman–Crippen LogP) is 3.08. The SMILES string of the molecule is CCOC(=O)CNC(=O)N(CC)CC(=O)Nc1cc(-c2ccccc2)nn1-c1ccc(OC)cc1. The Morgan fingerprint density at radius 3 is 2.37 bits per heavy atom. The summed E-state index contributed by atoms with van der Waals surface area (Å²) in [5, 5.41) is 9.99. The summed E-state index contributed by atoms with van der Waals surface area (Å²) in [6.07, 6.45) is 0. The largest absolute Gasteiger partial charge is 0.497 e. The van der Waals surface area contributed by atoms with Gasteiger partial charge in [0.2, 0.25) is 5.91 Å². The van der Waals surface area contributed by atoms with Crippen LogP contribution in [0.4, 0.5) is 10.6 Å². The lowest BCUT2D eigenvalue weighted by atomic mass is 10.1. The number of likely N-dealkylation sites (N-methyl/N-ethyl adjacent to an activating group) is 1. The van der Waals surface area contributed by atoms with Gasteiger partial charge >= 0.3 is 12.0 Å². The molecule has 10 nitrogen and oxygen atoms in total. The molecule has 0 spiro atoms. The molecule has 0 aliphatic heterocycles. The number of amides is 3. The van der Waals surface area contributed by atoms with Crippen molar-refractivity contribution in [2.45, 2.75) is 13.8 Å². The third-order valence-electron chi connectivity index (χ3n) is 5.06. The first kappa shape index (κ1) is 25.3. The minimum Gasteiger partial charge on any atom is -0.497 e. The maximum absolute atomic E-state index is 12.9. The Morgan fingerprint density at radius 1 is 1.03 bits per heavy atom. The number of carbonyl (C=O) groups excluding carboxylic acids is 3. The molecule has 2 aromatic carbocycles. The summed E-state index contributed by atoms with van der Waals surface area (Å²) in [6.45, 7) is 3.44. The van der Waals surface area contributed by atoms with Gasteiger partial charge < -0.3 is 25.0 Å². The Labute approximate surface area is 203 Å². The minimum absolute atomic E-state index is 0.209. The lowest BCUT2D eigenvalue weighted by molar-refractivity contribution is -0.141. The molecule has 0 aliphatic rings. The summed E-state index contributed by atoms with van der Waals surface area (Å²) < 4.78 is 11.7. The second kappa shape index (κ2) is 12.2. The molecule has 184 valence electrons. The first-order valence-corrected chi connectivity index (χ1v) is 11.2. The summed E-state index contributed by atoms with van der Waals surface area (Å²) in [7, 11) is 1.59. The Kier molecular flexibility index (Phi) is 8.82. The smallest absolute Gasteiger partial charge is 0.325 e. The highest BCUT2D eigenvalue weighted by atomic mass is 16.5. The molecule has 3 rings (SSSR count). The van der Waals surface area contributed by atoms with Crippen molar-refractivity contribution in [1.82, 2.24) is 20.0 Å². The number of hydrogen-bond donors (Lipinski definition) is 2. The Bertz CT molecular complexity index is 1140. The van der Waals surface area contributed by atoms with Gasteiger partial charge in [-0.25, -0.2) is 9.48 Å². The number of anilines is 1. The van der Waals surface area contributed by atoms with Crippen LogP contribution in [0.15, 0.2) is 60.7 Å². The first-order chi connectivity index (χ1) is 16.9. The molecule has 3 amide bonds. The highest BCUT2D eigenvalue weighted by Gasteiger charge is 2.19. The van der Waals surface area contributed by atoms with Crippen molar-refractivity contribution in [1.29, 1.82) is 0 Å². The van der Waals surface area contributed by atoms with Crippen LogP contribution in [0.3, 0.4) is 0 Å². The summed E-state index contributed by atoms with van der Waals surface area (Å²) in [6, 6.07) is 18.1. The van der Waals surface area contributed by atoms with Gasteiger partial charge in [0.25, 0.3) is 0 Å². The van der Waals surface area contributed by atoms with E-state index in [1.165, 1.54) is 4.90 Å². The first-order valence-electron chi connectivity index (χ1n) is 11.2. The number of benzene rings is 2. The van der Waals surface area contributed by atoms with E-state index in [0.717, 1.165) is 11.3 Å². The number of urea groups is 1. The monoisotopic (exact) mass is 479 g/mol. The number of hydrogen-bond acceptors (Lipinski definition) is 6. The van der Waals surface area contributed by atoms with Crippen molar-refractivity contribution in [2.24, 2.45) is 0 Å². The number of nitrogens with one attached hydrogen (secondary N) is 2. The second-order valence-corrected chi connectivity index (χ2v) is 7.42. The van der Waals surface area contributed by atoms with Gasteiger partial charge in [-0.15, -0.1) is 0 Å². The number of carbonyl (C=O) groups is 3. The summed E-state index contributed by atoms with van der Waals surface area (Å²) in [5.41, 5.74) is 2.29. The van der Waals surface area contributed by atoms with Crippen LogP contribution in [-0.4, -0.2) is 65.9 Å². The minimum atomic E-state index is -0.543. The van der Waals surface area contributed by atoms with E-state index in [1.807, 2.05) is 42.5 Å². The molecule has 35 heavy (non-hydrogen) atoms. The second-order valence-electron chi connectivity index (χ2n) is 7.42. The standard InChI is InChI=1S/C25H29N5O5/c1-4-29(25(33)26-16-24(32)35-5-2)17-23(31)27-22-15-21(18-9-7-6-8-10-18)28-30(22)19-11-13-20(34-3)14-12-19/h6-15H,4-5,16-17H2,1-3H3,(H,26,33)(H,27,31). The molecule has 3 aromatic rings. The van der Waals surface area contributed by atoms with Crippen LogP contribution in [0.2, 0.25) is 0 Å². The normalized spacial score (nSPS) is 10.4. The third kappa shape index (κ3) is 6.83. The maximum Gasteiger partial charge on any atom is 0.325 e. The van der Waals surface area contributed by atoms with E-state index in [2.05, 4.69) is 15.7 Å². The van der Waals surface area contributed by atoms with Crippen LogP contribution in [0.1, 0.15) is 13.8 Å². The Balaban J connectivity index is 1.78. The summed E-state index contributed by atoms with van der Waals surface area (Å²) in [4.78, 5) is 38.1. The zero-order valence-corrected chi connectivity index (χ0v) is 20.0. The third-order valence-corrected chi connectivity index (χ3v) is 5.06. The molecule has 1 aromatic heterocycles. The molecule has 0 saturated carbocycles. The van der Waals surface area contributed by atoms with Crippen LogP contribution in [0.25, 0.3) is 16.9 Å². The van der Waals surface area contributed by atoms with E-state index < -0.39 is 17.9 Å². The summed E-state index contributed by atoms with van der Waals surface area (Å²) in [5.74, 6) is 0.190. The van der Waals surface area contributed by atoms with Crippen molar-refractivity contribution in [2.75, 3.05) is 38.7 Å². The van der Waals surface area contributed by atoms with Crippen LogP contribution in [0.5, 0.6) is 5.75 Å². The Hall–Kier alpha value is -4.34. The van der Waals surface area contributed by atoms with E-state index in [0.29, 0.717) is 17.3 Å². The van der Waals surface area contributed by atoms with Crippen molar-refractivity contribution in [3.63, 3.8) is 0 Å². The molecule has 0 saturated heterocycles. The zero-order chi connectivity index (χ0) is 25.2. The van der Waals surface area contributed by atoms with E-state index >= 15 is 0 Å². The van der Waals surface area contributed by atoms with Gasteiger partial charge in [-0.05, 0) is 38.1 Å². The van der Waals surface area contributed by atoms with Crippen molar-refractivity contribution in [3.8, 4) is 22.7 Å². The van der Waals surface area contributed by atoms with Crippen LogP contribution in [0, 0.1) is 0 Å². The molecule has 2 N–H and O–H groups in total. The average Bonchev–Trinajstić information content (AvgIpc) is 3.30. The molecule has 1 heterocycles. The number of ether oxygens (including phenoxy) is 2. The topological polar surface area (TPSA) is 115 Å². The fraction of sp³-hybridized carbons (Fsp3) is 0.280. The van der Waals surface area contributed by atoms with E-state index in [4.69, 9.17) is 9.47 Å². The zero-order valence-electron chi connectivity index (χ0n) is 20.0. The van der Waals surface area contributed by atoms with Crippen LogP contribution < -0.4 is 15.4 Å². The fourth-order valence-electron chi connectivity index (χ4n) is 3.29. The van der Waals surface area contributed by atoms with E-state index in [9.17, 15) is 14.4 Å². The number of esters is 1. The number of nitrogens with zero attached hydrogens (tertiary/aromatic N) is 3. The number of methoxy groups -OCH3 is 1. The van der Waals surface area contributed by atoms with Gasteiger partial charge in [0.15, 0.2) is 0 Å². The molecule has 0 atom stereocenters. The van der Waals surface area contributed by atoms with Gasteiger partial charge in [-0.3, -0.25) is 9.59 Å². The number of rotatable bonds is 10. The predicted molar refractivity (Wildman–Crippen MR) is 131 cm³/mol. The lowest BCUT2D eigenvalue weighted by Crippen LogP contribution is -2.45. The molecule has 0 unspecified atom stereocenters. The van der Waals surface area contributed by atoms with E-state index in [-0.39, 0.29) is 26.2 Å². The van der Waals surface area contributed by atoms with Crippen molar-refractivity contribution in [3.05, 3.63) is 60.7 Å². The van der Waals surface area contributed by atoms with Gasteiger partial charge in [0, 0.05) is 18.2 Å². The highest BCUT2D eigenvalue weighted by Crippen LogP contribution is 2.25. The lowest BCUT2D eigenvalue weighted by Gasteiger charge is -2.20. The summed E-state index contributed by atoms with van der Waals surface area (Å²) >= 11 is 0. The molecule has 10 heteroatoms. The fourth-order valence-corrected chi connectivity index (χ4v) is 3.29. The van der Waals surface area contributed by atoms with Gasteiger partial charge in [0.1, 0.15) is 24.7 Å². The van der Waals surface area contributed by atoms with E-state index in [1.54, 1.807) is 43.8 Å². The van der Waals surface area contributed by atoms with Gasteiger partial charge in [0.05, 0.1) is 25.1 Å². The number of aromatic nitrogens is 2. The highest BCUT2D eigenvalue weighted by molar-refractivity contribution is 5.94. The average molecular weight is 480 g/mol. The van der Waals surface area contributed by atoms with Gasteiger partial charge in [-0.2, -0.15) is 5.10 Å². The molecule has 0 radical (unpaired) electrons. The molecule has 0 fully saturated rings. The van der Waals surface area contributed by atoms with Crippen molar-refractivity contribution >= 4 is 23.7 Å². The van der Waals surface area contributed by atoms with Crippen LogP contribution >= 0.6 is 0 Å². The van der Waals surface area contributed by atoms with Crippen LogP contribution in [-0.2, 0) is 14.3 Å².